The summed E-state index contributed by atoms with van der Waals surface area (Å²) in [6.45, 7) is 0. The number of benzene rings is 1. The molecule has 0 radical (unpaired) electrons. The van der Waals surface area contributed by atoms with Crippen LogP contribution in [-0.4, -0.2) is 26.8 Å². The first-order valence-corrected chi connectivity index (χ1v) is 10.4. The average molecular weight is 428 g/mol. The second-order valence-electron chi connectivity index (χ2n) is 7.21. The van der Waals surface area contributed by atoms with Crippen LogP contribution in [0.5, 0.6) is 5.75 Å². The molecule has 0 aliphatic carbocycles. The summed E-state index contributed by atoms with van der Waals surface area (Å²) in [6.07, 6.45) is 7.49. The fraction of sp³-hybridized carbons (Fsp3) is 0.125. The molecule has 0 unspecified atom stereocenters. The zero-order valence-corrected chi connectivity index (χ0v) is 17.7. The lowest BCUT2D eigenvalue weighted by Crippen LogP contribution is -2.30. The number of aromatic nitrogens is 3. The molecule has 1 saturated heterocycles. The van der Waals surface area contributed by atoms with Crippen molar-refractivity contribution in [2.75, 3.05) is 12.0 Å². The summed E-state index contributed by atoms with van der Waals surface area (Å²) >= 11 is 5.81. The zero-order valence-electron chi connectivity index (χ0n) is 16.9. The van der Waals surface area contributed by atoms with Crippen LogP contribution in [0.1, 0.15) is 23.5 Å². The number of nitrogens with zero attached hydrogens (tertiary/aromatic N) is 4. The number of rotatable bonds is 5. The van der Waals surface area contributed by atoms with Crippen LogP contribution in [0.2, 0.25) is 0 Å². The number of ether oxygens (including phenoxy) is 1. The molecule has 7 heteroatoms. The zero-order chi connectivity index (χ0) is 21.2. The van der Waals surface area contributed by atoms with Crippen LogP contribution >= 0.6 is 12.2 Å². The summed E-state index contributed by atoms with van der Waals surface area (Å²) in [5, 5.41) is 4.14. The Morgan fingerprint density at radius 2 is 1.87 bits per heavy atom. The van der Waals surface area contributed by atoms with Gasteiger partial charge in [-0.05, 0) is 60.7 Å². The number of methoxy groups -OCH3 is 1. The molecule has 5 rings (SSSR count). The van der Waals surface area contributed by atoms with Crippen LogP contribution in [0.3, 0.4) is 0 Å². The molecule has 0 spiro atoms. The van der Waals surface area contributed by atoms with Crippen LogP contribution < -0.4 is 15.0 Å². The molecule has 6 nitrogen and oxygen atoms in total. The highest BCUT2D eigenvalue weighted by atomic mass is 32.1. The van der Waals surface area contributed by atoms with Gasteiger partial charge in [0.1, 0.15) is 11.8 Å². The maximum Gasteiger partial charge on any atom is 0.174 e. The standard InChI is InChI=1S/C24H21N5OS/c1-30-19-9-4-7-17(15-19)29-23(22(27-24(29)31)20-10-2-3-13-26-20)21-11-6-14-28(21)18-8-5-12-25-16-18/h2-16,22-23H,1H3,(H,27,31)/t22-,23+/m0/s1. The number of pyridine rings is 2. The first kappa shape index (κ1) is 19.3. The van der Waals surface area contributed by atoms with E-state index in [1.807, 2.05) is 79.3 Å². The van der Waals surface area contributed by atoms with E-state index in [9.17, 15) is 0 Å². The molecule has 4 heterocycles. The molecule has 0 bridgehead atoms. The SMILES string of the molecule is COc1cccc(N2C(=S)N[C@@H](c3ccccn3)[C@H]2c2cccn2-c2cccnc2)c1. The Kier molecular flexibility index (Phi) is 5.09. The van der Waals surface area contributed by atoms with E-state index in [4.69, 9.17) is 17.0 Å². The van der Waals surface area contributed by atoms with E-state index in [1.54, 1.807) is 13.3 Å². The van der Waals surface area contributed by atoms with E-state index in [0.29, 0.717) is 5.11 Å². The third-order valence-electron chi connectivity index (χ3n) is 5.44. The lowest BCUT2D eigenvalue weighted by Gasteiger charge is -2.29. The number of thiocarbonyl (C=S) groups is 1. The number of hydrogen-bond donors (Lipinski definition) is 1. The smallest absolute Gasteiger partial charge is 0.174 e. The molecular formula is C24H21N5OS. The molecule has 31 heavy (non-hydrogen) atoms. The van der Waals surface area contributed by atoms with Gasteiger partial charge in [-0.15, -0.1) is 0 Å². The van der Waals surface area contributed by atoms with Crippen LogP contribution in [-0.2, 0) is 0 Å². The van der Waals surface area contributed by atoms with Gasteiger partial charge in [0.2, 0.25) is 0 Å². The van der Waals surface area contributed by atoms with E-state index in [-0.39, 0.29) is 12.1 Å². The quantitative estimate of drug-likeness (QED) is 0.475. The van der Waals surface area contributed by atoms with Crippen LogP contribution in [0.4, 0.5) is 5.69 Å². The normalized spacial score (nSPS) is 18.1. The summed E-state index contributed by atoms with van der Waals surface area (Å²) < 4.78 is 7.61. The van der Waals surface area contributed by atoms with Gasteiger partial charge >= 0.3 is 0 Å². The van der Waals surface area contributed by atoms with Gasteiger partial charge in [-0.1, -0.05) is 12.1 Å². The Bertz CT molecular complexity index is 1190. The van der Waals surface area contributed by atoms with E-state index in [0.717, 1.165) is 28.5 Å². The molecule has 3 aromatic heterocycles. The largest absolute Gasteiger partial charge is 0.497 e. The van der Waals surface area contributed by atoms with E-state index in [1.165, 1.54) is 0 Å². The lowest BCUT2D eigenvalue weighted by molar-refractivity contribution is 0.414. The highest BCUT2D eigenvalue weighted by Crippen LogP contribution is 2.42. The topological polar surface area (TPSA) is 55.2 Å². The second-order valence-corrected chi connectivity index (χ2v) is 7.60. The molecule has 2 atom stereocenters. The van der Waals surface area contributed by atoms with Gasteiger partial charge in [-0.25, -0.2) is 0 Å². The Labute approximate surface area is 186 Å². The fourth-order valence-corrected chi connectivity index (χ4v) is 4.41. The number of nitrogens with one attached hydrogen (secondary N) is 1. The van der Waals surface area contributed by atoms with Crippen molar-refractivity contribution in [1.29, 1.82) is 0 Å². The number of anilines is 1. The molecule has 0 saturated carbocycles. The Balaban J connectivity index is 1.67. The molecule has 1 fully saturated rings. The van der Waals surface area contributed by atoms with Crippen molar-refractivity contribution < 1.29 is 4.74 Å². The molecule has 1 aromatic carbocycles. The highest BCUT2D eigenvalue weighted by molar-refractivity contribution is 7.80. The minimum Gasteiger partial charge on any atom is -0.497 e. The second kappa shape index (κ2) is 8.20. The summed E-state index contributed by atoms with van der Waals surface area (Å²) in [5.74, 6) is 0.781. The van der Waals surface area contributed by atoms with Crippen LogP contribution in [0, 0.1) is 0 Å². The van der Waals surface area contributed by atoms with Crippen molar-refractivity contribution in [3.8, 4) is 11.4 Å². The monoisotopic (exact) mass is 427 g/mol. The van der Waals surface area contributed by atoms with Gasteiger partial charge in [0.25, 0.3) is 0 Å². The van der Waals surface area contributed by atoms with Crippen molar-refractivity contribution in [1.82, 2.24) is 19.9 Å². The third-order valence-corrected chi connectivity index (χ3v) is 5.75. The minimum atomic E-state index is -0.121. The van der Waals surface area contributed by atoms with Gasteiger partial charge in [0.05, 0.1) is 30.7 Å². The van der Waals surface area contributed by atoms with Crippen molar-refractivity contribution in [3.63, 3.8) is 0 Å². The van der Waals surface area contributed by atoms with E-state index < -0.39 is 0 Å². The van der Waals surface area contributed by atoms with Gasteiger partial charge in [-0.2, -0.15) is 0 Å². The predicted octanol–water partition coefficient (Wildman–Crippen LogP) is 4.45. The number of hydrogen-bond acceptors (Lipinski definition) is 4. The highest BCUT2D eigenvalue weighted by Gasteiger charge is 2.42. The van der Waals surface area contributed by atoms with Crippen molar-refractivity contribution in [2.45, 2.75) is 12.1 Å². The minimum absolute atomic E-state index is 0.120. The Morgan fingerprint density at radius 3 is 2.65 bits per heavy atom. The van der Waals surface area contributed by atoms with Gasteiger partial charge in [0.15, 0.2) is 5.11 Å². The van der Waals surface area contributed by atoms with Crippen LogP contribution in [0.15, 0.2) is 91.5 Å². The maximum absolute atomic E-state index is 5.81. The van der Waals surface area contributed by atoms with E-state index in [2.05, 4.69) is 30.8 Å². The molecule has 0 amide bonds. The molecule has 154 valence electrons. The first-order valence-electron chi connectivity index (χ1n) is 9.98. The molecule has 1 aliphatic rings. The van der Waals surface area contributed by atoms with Crippen LogP contribution in [0.25, 0.3) is 5.69 Å². The summed E-state index contributed by atoms with van der Waals surface area (Å²) in [5.41, 5.74) is 3.96. The molecule has 1 N–H and O–H groups in total. The summed E-state index contributed by atoms with van der Waals surface area (Å²) in [4.78, 5) is 11.1. The molecule has 4 aromatic rings. The van der Waals surface area contributed by atoms with E-state index >= 15 is 0 Å². The van der Waals surface area contributed by atoms with Gasteiger partial charge in [-0.3, -0.25) is 9.97 Å². The summed E-state index contributed by atoms with van der Waals surface area (Å²) in [7, 11) is 1.67. The van der Waals surface area contributed by atoms with Gasteiger partial charge in [0, 0.05) is 36.0 Å². The Hall–Kier alpha value is -3.71. The Morgan fingerprint density at radius 1 is 0.968 bits per heavy atom. The molecule has 1 aliphatic heterocycles. The lowest BCUT2D eigenvalue weighted by atomic mass is 10.0. The third kappa shape index (κ3) is 3.53. The summed E-state index contributed by atoms with van der Waals surface area (Å²) in [6, 6.07) is 21.8. The van der Waals surface area contributed by atoms with Crippen molar-refractivity contribution >= 4 is 23.0 Å². The maximum atomic E-state index is 5.81. The fourth-order valence-electron chi connectivity index (χ4n) is 4.06. The van der Waals surface area contributed by atoms with Crippen molar-refractivity contribution in [2.24, 2.45) is 0 Å². The average Bonchev–Trinajstić information content (AvgIpc) is 3.44. The predicted molar refractivity (Wildman–Crippen MR) is 124 cm³/mol. The van der Waals surface area contributed by atoms with Crippen molar-refractivity contribution in [3.05, 3.63) is 103 Å². The molecular weight excluding hydrogens is 406 g/mol. The van der Waals surface area contributed by atoms with Gasteiger partial charge < -0.3 is 19.5 Å². The first-order chi connectivity index (χ1) is 15.3.